The van der Waals surface area contributed by atoms with E-state index in [0.29, 0.717) is 34.7 Å². The van der Waals surface area contributed by atoms with Crippen molar-refractivity contribution in [2.75, 3.05) is 20.0 Å². The van der Waals surface area contributed by atoms with Crippen molar-refractivity contribution in [3.8, 4) is 28.8 Å². The van der Waals surface area contributed by atoms with E-state index in [9.17, 15) is 4.79 Å². The topological polar surface area (TPSA) is 70.5 Å². The van der Waals surface area contributed by atoms with E-state index >= 15 is 0 Å². The Labute approximate surface area is 166 Å². The van der Waals surface area contributed by atoms with Crippen molar-refractivity contribution in [1.82, 2.24) is 9.97 Å². The zero-order valence-electron chi connectivity index (χ0n) is 15.5. The molecule has 7 heteroatoms. The fraction of sp³-hybridized carbons (Fsp3) is 0.190. The Morgan fingerprint density at radius 2 is 1.93 bits per heavy atom. The van der Waals surface area contributed by atoms with Crippen LogP contribution in [0.2, 0.25) is 0 Å². The highest BCUT2D eigenvalue weighted by molar-refractivity contribution is 7.99. The number of methoxy groups -OCH3 is 2. The highest BCUT2D eigenvalue weighted by Gasteiger charge is 2.26. The number of carbonyl (C=O) groups excluding carboxylic acids is 1. The third kappa shape index (κ3) is 3.53. The Morgan fingerprint density at radius 1 is 1.11 bits per heavy atom. The number of thioether (sulfide) groups is 1. The van der Waals surface area contributed by atoms with Crippen LogP contribution in [0.1, 0.15) is 11.1 Å². The number of benzene rings is 2. The van der Waals surface area contributed by atoms with Crippen LogP contribution in [0.3, 0.4) is 0 Å². The van der Waals surface area contributed by atoms with Crippen molar-refractivity contribution in [2.24, 2.45) is 0 Å². The number of hydrogen-bond donors (Lipinski definition) is 0. The van der Waals surface area contributed by atoms with Gasteiger partial charge in [-0.25, -0.2) is 4.98 Å². The number of rotatable bonds is 5. The molecule has 0 spiro atoms. The zero-order chi connectivity index (χ0) is 19.5. The van der Waals surface area contributed by atoms with Crippen LogP contribution in [-0.4, -0.2) is 35.9 Å². The Bertz CT molecular complexity index is 1020. The Morgan fingerprint density at radius 3 is 2.68 bits per heavy atom. The van der Waals surface area contributed by atoms with Gasteiger partial charge in [0.1, 0.15) is 5.03 Å². The lowest BCUT2D eigenvalue weighted by Crippen LogP contribution is -2.11. The maximum atomic E-state index is 11.7. The van der Waals surface area contributed by atoms with Gasteiger partial charge in [0.25, 0.3) is 0 Å². The summed E-state index contributed by atoms with van der Waals surface area (Å²) in [7, 11) is 2.99. The van der Waals surface area contributed by atoms with Gasteiger partial charge in [0.15, 0.2) is 17.3 Å². The first-order chi connectivity index (χ1) is 13.7. The molecule has 142 valence electrons. The maximum Gasteiger partial charge on any atom is 0.316 e. The maximum absolute atomic E-state index is 11.7. The number of aromatic nitrogens is 2. The minimum absolute atomic E-state index is 0.166. The lowest BCUT2D eigenvalue weighted by Gasteiger charge is -2.23. The second-order valence-electron chi connectivity index (χ2n) is 6.09. The van der Waals surface area contributed by atoms with Gasteiger partial charge in [-0.3, -0.25) is 4.79 Å². The van der Waals surface area contributed by atoms with Crippen LogP contribution in [0.5, 0.6) is 17.4 Å². The summed E-state index contributed by atoms with van der Waals surface area (Å²) >= 11 is 1.32. The first-order valence-corrected chi connectivity index (χ1v) is 9.68. The standard InChI is InChI=1S/C21H18N2O4S/c1-25-16-10-6-9-14-11-15-20(27-18(14)16)22-19(13-7-4-3-5-8-13)23-21(15)28-12-17(24)26-2/h3-10H,11-12H2,1-2H3. The van der Waals surface area contributed by atoms with Crippen LogP contribution in [0.15, 0.2) is 53.6 Å². The summed E-state index contributed by atoms with van der Waals surface area (Å²) < 4.78 is 16.3. The summed E-state index contributed by atoms with van der Waals surface area (Å²) in [4.78, 5) is 21.0. The van der Waals surface area contributed by atoms with Gasteiger partial charge >= 0.3 is 5.97 Å². The molecule has 6 nitrogen and oxygen atoms in total. The first-order valence-electron chi connectivity index (χ1n) is 8.69. The number of carbonyl (C=O) groups is 1. The van der Waals surface area contributed by atoms with E-state index < -0.39 is 0 Å². The smallest absolute Gasteiger partial charge is 0.316 e. The fourth-order valence-electron chi connectivity index (χ4n) is 2.97. The van der Waals surface area contributed by atoms with Crippen molar-refractivity contribution < 1.29 is 19.0 Å². The monoisotopic (exact) mass is 394 g/mol. The van der Waals surface area contributed by atoms with Crippen molar-refractivity contribution in [1.29, 1.82) is 0 Å². The molecule has 1 aliphatic rings. The van der Waals surface area contributed by atoms with E-state index in [4.69, 9.17) is 19.2 Å². The molecule has 4 rings (SSSR count). The molecule has 0 aliphatic carbocycles. The van der Waals surface area contributed by atoms with E-state index in [1.165, 1.54) is 18.9 Å². The van der Waals surface area contributed by atoms with Crippen molar-refractivity contribution in [3.05, 3.63) is 59.7 Å². The van der Waals surface area contributed by atoms with Gasteiger partial charge in [0.05, 0.1) is 25.5 Å². The summed E-state index contributed by atoms with van der Waals surface area (Å²) in [6, 6.07) is 15.4. The summed E-state index contributed by atoms with van der Waals surface area (Å²) in [5, 5.41) is 0.711. The number of ether oxygens (including phenoxy) is 3. The van der Waals surface area contributed by atoms with E-state index in [0.717, 1.165) is 16.7 Å². The van der Waals surface area contributed by atoms with Gasteiger partial charge in [-0.05, 0) is 6.07 Å². The van der Waals surface area contributed by atoms with E-state index in [1.54, 1.807) is 7.11 Å². The van der Waals surface area contributed by atoms with Gasteiger partial charge in [-0.2, -0.15) is 4.98 Å². The molecule has 0 saturated carbocycles. The normalized spacial score (nSPS) is 11.8. The molecular weight excluding hydrogens is 376 g/mol. The van der Waals surface area contributed by atoms with Gasteiger partial charge in [-0.1, -0.05) is 54.2 Å². The molecule has 0 atom stereocenters. The molecule has 2 heterocycles. The summed E-state index contributed by atoms with van der Waals surface area (Å²) in [6.07, 6.45) is 0.598. The fourth-order valence-corrected chi connectivity index (χ4v) is 3.82. The summed E-state index contributed by atoms with van der Waals surface area (Å²) in [5.41, 5.74) is 2.72. The van der Waals surface area contributed by atoms with Gasteiger partial charge in [-0.15, -0.1) is 0 Å². The molecule has 0 bridgehead atoms. The minimum Gasteiger partial charge on any atom is -0.493 e. The highest BCUT2D eigenvalue weighted by atomic mass is 32.2. The molecule has 1 aliphatic heterocycles. The molecule has 3 aromatic rings. The van der Waals surface area contributed by atoms with Crippen LogP contribution < -0.4 is 9.47 Å². The Hall–Kier alpha value is -3.06. The molecule has 0 saturated heterocycles. The van der Waals surface area contributed by atoms with Crippen LogP contribution in [0, 0.1) is 0 Å². The lowest BCUT2D eigenvalue weighted by atomic mass is 10.0. The van der Waals surface area contributed by atoms with E-state index in [1.807, 2.05) is 48.5 Å². The van der Waals surface area contributed by atoms with E-state index in [2.05, 4.69) is 4.98 Å². The van der Waals surface area contributed by atoms with Crippen molar-refractivity contribution >= 4 is 17.7 Å². The van der Waals surface area contributed by atoms with E-state index in [-0.39, 0.29) is 11.7 Å². The SMILES string of the molecule is COC(=O)CSc1nc(-c2ccccc2)nc2c1Cc1cccc(OC)c1O2. The van der Waals surface area contributed by atoms with Crippen LogP contribution >= 0.6 is 11.8 Å². The highest BCUT2D eigenvalue weighted by Crippen LogP contribution is 2.44. The molecule has 2 aromatic carbocycles. The Balaban J connectivity index is 1.79. The third-order valence-electron chi connectivity index (χ3n) is 4.36. The first kappa shape index (κ1) is 18.3. The number of nitrogens with zero attached hydrogens (tertiary/aromatic N) is 2. The quantitative estimate of drug-likeness (QED) is 0.286. The van der Waals surface area contributed by atoms with Crippen molar-refractivity contribution in [2.45, 2.75) is 11.4 Å². The van der Waals surface area contributed by atoms with Crippen molar-refractivity contribution in [3.63, 3.8) is 0 Å². The van der Waals surface area contributed by atoms with Gasteiger partial charge < -0.3 is 14.2 Å². The average Bonchev–Trinajstić information content (AvgIpc) is 2.75. The predicted octanol–water partition coefficient (Wildman–Crippen LogP) is 4.11. The number of esters is 1. The second-order valence-corrected chi connectivity index (χ2v) is 7.06. The molecule has 0 fully saturated rings. The molecular formula is C21H18N2O4S. The van der Waals surface area contributed by atoms with Crippen LogP contribution in [-0.2, 0) is 16.0 Å². The Kier molecular flexibility index (Phi) is 5.16. The summed E-state index contributed by atoms with van der Waals surface area (Å²) in [6.45, 7) is 0. The molecule has 0 unspecified atom stereocenters. The molecule has 0 N–H and O–H groups in total. The average molecular weight is 394 g/mol. The number of para-hydroxylation sites is 1. The van der Waals surface area contributed by atoms with Gasteiger partial charge in [0, 0.05) is 17.5 Å². The van der Waals surface area contributed by atoms with Crippen LogP contribution in [0.25, 0.3) is 11.4 Å². The van der Waals surface area contributed by atoms with Gasteiger partial charge in [0.2, 0.25) is 5.88 Å². The lowest BCUT2D eigenvalue weighted by molar-refractivity contribution is -0.137. The molecule has 28 heavy (non-hydrogen) atoms. The molecule has 0 radical (unpaired) electrons. The minimum atomic E-state index is -0.308. The third-order valence-corrected chi connectivity index (χ3v) is 5.36. The molecule has 0 amide bonds. The van der Waals surface area contributed by atoms with Crippen LogP contribution in [0.4, 0.5) is 0 Å². The summed E-state index contributed by atoms with van der Waals surface area (Å²) in [5.74, 6) is 2.21. The number of hydrogen-bond acceptors (Lipinski definition) is 7. The second kappa shape index (κ2) is 7.90. The molecule has 1 aromatic heterocycles. The number of fused-ring (bicyclic) bond motifs is 2. The zero-order valence-corrected chi connectivity index (χ0v) is 16.3. The predicted molar refractivity (Wildman–Crippen MR) is 106 cm³/mol. The largest absolute Gasteiger partial charge is 0.493 e.